The smallest absolute Gasteiger partial charge is 0.239 e. The average molecular weight is 391 g/mol. The zero-order valence-electron chi connectivity index (χ0n) is 14.9. The lowest BCUT2D eigenvalue weighted by Gasteiger charge is -2.17. The number of azo groups is 1. The molecule has 8 heteroatoms. The fourth-order valence-corrected chi connectivity index (χ4v) is 4.81. The lowest BCUT2D eigenvalue weighted by Crippen LogP contribution is -2.19. The molecule has 3 aromatic rings. The highest BCUT2D eigenvalue weighted by Gasteiger charge is 2.34. The molecular formula is C20H17N5O2S. The van der Waals surface area contributed by atoms with E-state index in [1.807, 2.05) is 42.5 Å². The second-order valence-corrected chi connectivity index (χ2v) is 8.46. The van der Waals surface area contributed by atoms with E-state index in [2.05, 4.69) is 20.2 Å². The molecule has 1 aromatic heterocycles. The number of hydrogen-bond acceptors (Lipinski definition) is 6. The molecule has 0 spiro atoms. The number of para-hydroxylation sites is 1. The van der Waals surface area contributed by atoms with Gasteiger partial charge in [0.1, 0.15) is 0 Å². The normalized spacial score (nSPS) is 16.5. The monoisotopic (exact) mass is 391 g/mol. The zero-order chi connectivity index (χ0) is 19.3. The van der Waals surface area contributed by atoms with Gasteiger partial charge in [0.05, 0.1) is 10.4 Å². The molecule has 2 aliphatic rings. The largest absolute Gasteiger partial charge is 0.256 e. The van der Waals surface area contributed by atoms with Crippen LogP contribution in [0.5, 0.6) is 0 Å². The maximum absolute atomic E-state index is 12.6. The van der Waals surface area contributed by atoms with Gasteiger partial charge >= 0.3 is 0 Å². The molecule has 2 heterocycles. The molecule has 1 saturated carbocycles. The third kappa shape index (κ3) is 2.81. The zero-order valence-corrected chi connectivity index (χ0v) is 15.7. The number of aromatic nitrogens is 1. The summed E-state index contributed by atoms with van der Waals surface area (Å²) in [6.07, 6.45) is 3.62. The molecule has 1 aliphatic heterocycles. The van der Waals surface area contributed by atoms with Gasteiger partial charge in [-0.3, -0.25) is 4.98 Å². The van der Waals surface area contributed by atoms with Crippen molar-refractivity contribution in [2.24, 2.45) is 20.4 Å². The number of rotatable bonds is 4. The number of amidine groups is 1. The van der Waals surface area contributed by atoms with Crippen LogP contribution in [0.4, 0.5) is 0 Å². The van der Waals surface area contributed by atoms with Crippen molar-refractivity contribution < 1.29 is 8.42 Å². The van der Waals surface area contributed by atoms with Crippen molar-refractivity contribution in [3.8, 4) is 11.1 Å². The molecule has 0 radical (unpaired) electrons. The number of aliphatic imine (C=N–C) groups is 1. The fraction of sp³-hybridized carbons (Fsp3) is 0.200. The van der Waals surface area contributed by atoms with Gasteiger partial charge in [-0.05, 0) is 47.6 Å². The van der Waals surface area contributed by atoms with Crippen molar-refractivity contribution in [3.05, 3.63) is 59.8 Å². The van der Waals surface area contributed by atoms with Crippen molar-refractivity contribution in [2.45, 2.75) is 23.7 Å². The van der Waals surface area contributed by atoms with Crippen molar-refractivity contribution in [2.75, 3.05) is 6.67 Å². The van der Waals surface area contributed by atoms with E-state index in [1.165, 1.54) is 0 Å². The Morgan fingerprint density at radius 2 is 1.82 bits per heavy atom. The van der Waals surface area contributed by atoms with Crippen LogP contribution in [0.15, 0.2) is 68.8 Å². The maximum Gasteiger partial charge on any atom is 0.239 e. The minimum atomic E-state index is -3.99. The summed E-state index contributed by atoms with van der Waals surface area (Å²) in [4.78, 5) is 8.84. The van der Waals surface area contributed by atoms with Gasteiger partial charge in [0.2, 0.25) is 10.0 Å². The Morgan fingerprint density at radius 1 is 1.00 bits per heavy atom. The van der Waals surface area contributed by atoms with Crippen LogP contribution in [-0.2, 0) is 10.0 Å². The maximum atomic E-state index is 12.6. The predicted molar refractivity (Wildman–Crippen MR) is 107 cm³/mol. The second kappa shape index (κ2) is 6.29. The predicted octanol–water partition coefficient (Wildman–Crippen LogP) is 3.60. The number of hydrogen-bond donors (Lipinski definition) is 1. The van der Waals surface area contributed by atoms with Crippen LogP contribution in [0.3, 0.4) is 0 Å². The average Bonchev–Trinajstić information content (AvgIpc) is 3.40. The van der Waals surface area contributed by atoms with E-state index in [0.29, 0.717) is 17.0 Å². The number of nitrogens with two attached hydrogens (primary N) is 1. The van der Waals surface area contributed by atoms with Crippen LogP contribution < -0.4 is 5.14 Å². The van der Waals surface area contributed by atoms with Gasteiger partial charge in [-0.2, -0.15) is 5.11 Å². The summed E-state index contributed by atoms with van der Waals surface area (Å²) in [6.45, 7) is 0.184. The summed E-state index contributed by atoms with van der Waals surface area (Å²) in [7, 11) is -3.99. The van der Waals surface area contributed by atoms with Gasteiger partial charge in [-0.25, -0.2) is 18.5 Å². The molecule has 140 valence electrons. The highest BCUT2D eigenvalue weighted by atomic mass is 32.2. The van der Waals surface area contributed by atoms with E-state index < -0.39 is 10.0 Å². The SMILES string of the molecule is NS(=O)(=O)c1c(C2CC2)ccc(-c2ccnc3ccccc23)c1C1=NCN=N1. The second-order valence-electron chi connectivity index (χ2n) is 6.97. The molecule has 0 unspecified atom stereocenters. The van der Waals surface area contributed by atoms with Gasteiger partial charge in [0.15, 0.2) is 12.5 Å². The molecule has 0 saturated heterocycles. The number of nitrogens with zero attached hydrogens (tertiary/aromatic N) is 4. The van der Waals surface area contributed by atoms with Crippen molar-refractivity contribution in [1.29, 1.82) is 0 Å². The molecule has 1 fully saturated rings. The molecule has 0 bridgehead atoms. The number of primary sulfonamides is 1. The summed E-state index contributed by atoms with van der Waals surface area (Å²) in [5.41, 5.74) is 3.57. The Kier molecular flexibility index (Phi) is 3.85. The van der Waals surface area contributed by atoms with Crippen LogP contribution >= 0.6 is 0 Å². The first-order chi connectivity index (χ1) is 13.5. The summed E-state index contributed by atoms with van der Waals surface area (Å²) in [5.74, 6) is 0.511. The Balaban J connectivity index is 1.90. The quantitative estimate of drug-likeness (QED) is 0.733. The lowest BCUT2D eigenvalue weighted by molar-refractivity contribution is 0.596. The molecule has 1 aliphatic carbocycles. The van der Waals surface area contributed by atoms with E-state index >= 15 is 0 Å². The van der Waals surface area contributed by atoms with Crippen molar-refractivity contribution in [3.63, 3.8) is 0 Å². The number of benzene rings is 2. The van der Waals surface area contributed by atoms with E-state index in [0.717, 1.165) is 34.9 Å². The molecule has 7 nitrogen and oxygen atoms in total. The van der Waals surface area contributed by atoms with Gasteiger partial charge in [0, 0.05) is 17.1 Å². The van der Waals surface area contributed by atoms with Crippen LogP contribution in [0.2, 0.25) is 0 Å². The Bertz CT molecular complexity index is 1270. The summed E-state index contributed by atoms with van der Waals surface area (Å²) in [6, 6.07) is 13.4. The lowest BCUT2D eigenvalue weighted by atomic mass is 9.93. The van der Waals surface area contributed by atoms with Gasteiger partial charge < -0.3 is 0 Å². The first-order valence-electron chi connectivity index (χ1n) is 9.00. The van der Waals surface area contributed by atoms with E-state index in [1.54, 1.807) is 6.20 Å². The molecular weight excluding hydrogens is 374 g/mol. The van der Waals surface area contributed by atoms with Gasteiger partial charge in [0.25, 0.3) is 0 Å². The Labute approximate surface area is 162 Å². The van der Waals surface area contributed by atoms with E-state index in [9.17, 15) is 8.42 Å². The van der Waals surface area contributed by atoms with Crippen LogP contribution in [0, 0.1) is 0 Å². The van der Waals surface area contributed by atoms with Crippen LogP contribution in [0.1, 0.15) is 29.9 Å². The minimum absolute atomic E-state index is 0.119. The Hall–Kier alpha value is -2.97. The van der Waals surface area contributed by atoms with Crippen molar-refractivity contribution in [1.82, 2.24) is 4.98 Å². The highest BCUT2D eigenvalue weighted by Crippen LogP contribution is 2.46. The first kappa shape index (κ1) is 17.2. The third-order valence-electron chi connectivity index (χ3n) is 5.10. The minimum Gasteiger partial charge on any atom is -0.256 e. The van der Waals surface area contributed by atoms with E-state index in [4.69, 9.17) is 5.14 Å². The fourth-order valence-electron chi connectivity index (χ4n) is 3.76. The molecule has 0 atom stereocenters. The number of fused-ring (bicyclic) bond motifs is 1. The number of sulfonamides is 1. The third-order valence-corrected chi connectivity index (χ3v) is 6.11. The van der Waals surface area contributed by atoms with Gasteiger partial charge in [-0.15, -0.1) is 5.11 Å². The van der Waals surface area contributed by atoms with E-state index in [-0.39, 0.29) is 17.5 Å². The highest BCUT2D eigenvalue weighted by molar-refractivity contribution is 7.89. The summed E-state index contributed by atoms with van der Waals surface area (Å²) in [5, 5.41) is 14.6. The summed E-state index contributed by atoms with van der Waals surface area (Å²) < 4.78 is 25.3. The van der Waals surface area contributed by atoms with Crippen LogP contribution in [0.25, 0.3) is 22.0 Å². The molecule has 28 heavy (non-hydrogen) atoms. The first-order valence-corrected chi connectivity index (χ1v) is 10.5. The molecule has 0 amide bonds. The molecule has 2 aromatic carbocycles. The molecule has 2 N–H and O–H groups in total. The molecule has 5 rings (SSSR count). The van der Waals surface area contributed by atoms with Gasteiger partial charge in [-0.1, -0.05) is 30.3 Å². The van der Waals surface area contributed by atoms with Crippen LogP contribution in [-0.4, -0.2) is 25.9 Å². The number of pyridine rings is 1. The topological polar surface area (TPSA) is 110 Å². The Morgan fingerprint density at radius 3 is 2.54 bits per heavy atom. The standard InChI is InChI=1S/C20H17N5O2S/c21-28(26,27)19-13(12-5-6-12)7-8-16(18(19)20-23-11-24-25-20)14-9-10-22-17-4-2-1-3-15(14)17/h1-4,7-10,12H,5-6,11H2,(H2,21,26,27). The summed E-state index contributed by atoms with van der Waals surface area (Å²) >= 11 is 0. The van der Waals surface area contributed by atoms with Crippen molar-refractivity contribution >= 4 is 26.8 Å².